The molecule has 0 unspecified atom stereocenters. The van der Waals surface area contributed by atoms with Gasteiger partial charge in [-0.05, 0) is 43.0 Å². The summed E-state index contributed by atoms with van der Waals surface area (Å²) in [6.45, 7) is 1.46. The lowest BCUT2D eigenvalue weighted by Crippen LogP contribution is -2.43. The van der Waals surface area contributed by atoms with E-state index in [2.05, 4.69) is 16.5 Å². The molecule has 1 fully saturated rings. The first kappa shape index (κ1) is 22.5. The Morgan fingerprint density at radius 3 is 2.91 bits per heavy atom. The van der Waals surface area contributed by atoms with Gasteiger partial charge in [0.05, 0.1) is 36.3 Å². The zero-order valence-corrected chi connectivity index (χ0v) is 18.2. The van der Waals surface area contributed by atoms with Gasteiger partial charge in [-0.25, -0.2) is 4.68 Å². The summed E-state index contributed by atoms with van der Waals surface area (Å²) in [6, 6.07) is 6.69. The summed E-state index contributed by atoms with van der Waals surface area (Å²) >= 11 is 0. The molecule has 2 aromatic rings. The van der Waals surface area contributed by atoms with Crippen LogP contribution in [-0.4, -0.2) is 47.7 Å². The van der Waals surface area contributed by atoms with Crippen LogP contribution in [0.1, 0.15) is 40.9 Å². The van der Waals surface area contributed by atoms with Gasteiger partial charge in [-0.15, -0.1) is 0 Å². The van der Waals surface area contributed by atoms with Crippen LogP contribution in [0.15, 0.2) is 24.3 Å². The van der Waals surface area contributed by atoms with Gasteiger partial charge in [-0.1, -0.05) is 0 Å². The van der Waals surface area contributed by atoms with Crippen molar-refractivity contribution in [3.8, 4) is 17.7 Å². The highest BCUT2D eigenvalue weighted by Crippen LogP contribution is 2.45. The second-order valence-electron chi connectivity index (χ2n) is 9.03. The number of nitriles is 1. The normalized spacial score (nSPS) is 22.4. The van der Waals surface area contributed by atoms with Gasteiger partial charge in [0.1, 0.15) is 18.5 Å². The number of carbonyl (C=O) groups is 1. The number of aryl methyl sites for hydroxylation is 1. The maximum Gasteiger partial charge on any atom is 0.416 e. The Morgan fingerprint density at radius 1 is 1.35 bits per heavy atom. The second-order valence-corrected chi connectivity index (χ2v) is 9.03. The number of ether oxygens (including phenoxy) is 3. The quantitative estimate of drug-likeness (QED) is 0.688. The molecule has 1 aromatic heterocycles. The summed E-state index contributed by atoms with van der Waals surface area (Å²) in [5, 5.41) is 16.2. The van der Waals surface area contributed by atoms with E-state index in [1.807, 2.05) is 0 Å². The zero-order chi connectivity index (χ0) is 23.9. The molecule has 2 atom stereocenters. The number of rotatable bonds is 6. The standard InChI is InChI=1S/C23H23F3N4O4/c24-23(25,26)15-1-2-19-14(7-15)8-16(10-33-19)28-21(31)18-9-20-30(29-18)6-3-17(34-20)11-32-13-22(12-27)4-5-22/h1-2,7,9,16-17H,3-6,8,10-11,13H2,(H,28,31)/t16-,17-/m1/s1. The Kier molecular flexibility index (Phi) is 5.64. The van der Waals surface area contributed by atoms with Crippen LogP contribution in [0, 0.1) is 16.7 Å². The summed E-state index contributed by atoms with van der Waals surface area (Å²) in [4.78, 5) is 12.7. The van der Waals surface area contributed by atoms with E-state index in [0.29, 0.717) is 43.4 Å². The lowest BCUT2D eigenvalue weighted by atomic mass is 10.00. The smallest absolute Gasteiger partial charge is 0.416 e. The van der Waals surface area contributed by atoms with Crippen molar-refractivity contribution in [1.29, 1.82) is 5.26 Å². The molecule has 0 spiro atoms. The Balaban J connectivity index is 1.17. The van der Waals surface area contributed by atoms with Gasteiger partial charge in [-0.3, -0.25) is 4.79 Å². The van der Waals surface area contributed by atoms with Crippen LogP contribution < -0.4 is 14.8 Å². The topological polar surface area (TPSA) is 98.4 Å². The van der Waals surface area contributed by atoms with Gasteiger partial charge >= 0.3 is 6.18 Å². The van der Waals surface area contributed by atoms with Crippen molar-refractivity contribution in [3.63, 3.8) is 0 Å². The van der Waals surface area contributed by atoms with E-state index < -0.39 is 23.7 Å². The molecule has 11 heteroatoms. The molecule has 1 aliphatic carbocycles. The molecule has 3 aliphatic rings. The van der Waals surface area contributed by atoms with Crippen molar-refractivity contribution >= 4 is 5.91 Å². The summed E-state index contributed by atoms with van der Waals surface area (Å²) < 4.78 is 57.8. The van der Waals surface area contributed by atoms with Gasteiger partial charge in [0, 0.05) is 19.0 Å². The third kappa shape index (κ3) is 4.68. The number of benzene rings is 1. The lowest BCUT2D eigenvalue weighted by molar-refractivity contribution is -0.137. The fraction of sp³-hybridized carbons (Fsp3) is 0.522. The van der Waals surface area contributed by atoms with Crippen LogP contribution >= 0.6 is 0 Å². The van der Waals surface area contributed by atoms with Gasteiger partial charge in [-0.2, -0.15) is 23.5 Å². The fourth-order valence-electron chi connectivity index (χ4n) is 4.13. The van der Waals surface area contributed by atoms with Crippen molar-refractivity contribution in [2.75, 3.05) is 19.8 Å². The van der Waals surface area contributed by atoms with E-state index >= 15 is 0 Å². The maximum atomic E-state index is 13.0. The SMILES string of the molecule is N#CC1(COC[C@H]2CCn3nc(C(=O)N[C@H]4COc5ccc(C(F)(F)F)cc5C4)cc3O2)CC1. The van der Waals surface area contributed by atoms with E-state index in [0.717, 1.165) is 25.0 Å². The van der Waals surface area contributed by atoms with Crippen molar-refractivity contribution in [1.82, 2.24) is 15.1 Å². The highest BCUT2D eigenvalue weighted by atomic mass is 19.4. The van der Waals surface area contributed by atoms with Crippen molar-refractivity contribution in [3.05, 3.63) is 41.1 Å². The Morgan fingerprint density at radius 2 is 2.18 bits per heavy atom. The van der Waals surface area contributed by atoms with Crippen LogP contribution in [0.3, 0.4) is 0 Å². The highest BCUT2D eigenvalue weighted by molar-refractivity contribution is 5.92. The van der Waals surface area contributed by atoms with Crippen molar-refractivity contribution < 1.29 is 32.2 Å². The second kappa shape index (κ2) is 8.51. The Bertz CT molecular complexity index is 1140. The number of alkyl halides is 3. The number of carbonyl (C=O) groups excluding carboxylic acids is 1. The summed E-state index contributed by atoms with van der Waals surface area (Å²) in [5.41, 5.74) is -0.530. The molecular formula is C23H23F3N4O4. The Labute approximate surface area is 193 Å². The molecule has 0 bridgehead atoms. The van der Waals surface area contributed by atoms with Crippen LogP contribution in [0.25, 0.3) is 0 Å². The van der Waals surface area contributed by atoms with Crippen LogP contribution in [-0.2, 0) is 23.9 Å². The van der Waals surface area contributed by atoms with Crippen molar-refractivity contribution in [2.45, 2.75) is 50.6 Å². The minimum absolute atomic E-state index is 0.151. The third-order valence-corrected chi connectivity index (χ3v) is 6.33. The van der Waals surface area contributed by atoms with Gasteiger partial charge in [0.25, 0.3) is 5.91 Å². The van der Waals surface area contributed by atoms with Crippen LogP contribution in [0.5, 0.6) is 11.6 Å². The molecule has 1 saturated carbocycles. The van der Waals surface area contributed by atoms with Crippen molar-refractivity contribution in [2.24, 2.45) is 5.41 Å². The maximum absolute atomic E-state index is 13.0. The monoisotopic (exact) mass is 476 g/mol. The number of fused-ring (bicyclic) bond motifs is 2. The number of nitrogens with one attached hydrogen (secondary N) is 1. The predicted octanol–water partition coefficient (Wildman–Crippen LogP) is 3.11. The number of aromatic nitrogens is 2. The van der Waals surface area contributed by atoms with E-state index in [1.165, 1.54) is 6.07 Å². The predicted molar refractivity (Wildman–Crippen MR) is 111 cm³/mol. The largest absolute Gasteiger partial charge is 0.491 e. The van der Waals surface area contributed by atoms with E-state index in [1.54, 1.807) is 10.7 Å². The molecule has 1 amide bonds. The van der Waals surface area contributed by atoms with E-state index in [4.69, 9.17) is 19.5 Å². The lowest BCUT2D eigenvalue weighted by Gasteiger charge is -2.26. The van der Waals surface area contributed by atoms with E-state index in [-0.39, 0.29) is 30.2 Å². The number of hydrogen-bond acceptors (Lipinski definition) is 6. The molecule has 180 valence electrons. The zero-order valence-electron chi connectivity index (χ0n) is 18.2. The number of amides is 1. The number of halogens is 3. The minimum atomic E-state index is -4.45. The average Bonchev–Trinajstić information content (AvgIpc) is 3.46. The molecule has 8 nitrogen and oxygen atoms in total. The first-order chi connectivity index (χ1) is 16.2. The summed E-state index contributed by atoms with van der Waals surface area (Å²) in [7, 11) is 0. The molecular weight excluding hydrogens is 453 g/mol. The molecule has 0 radical (unpaired) electrons. The molecule has 3 heterocycles. The van der Waals surface area contributed by atoms with Gasteiger partial charge in [0.15, 0.2) is 5.69 Å². The highest BCUT2D eigenvalue weighted by Gasteiger charge is 2.43. The molecule has 0 saturated heterocycles. The summed E-state index contributed by atoms with van der Waals surface area (Å²) in [5.74, 6) is 0.387. The molecule has 1 aromatic carbocycles. The average molecular weight is 476 g/mol. The molecule has 2 aliphatic heterocycles. The number of nitrogens with zero attached hydrogens (tertiary/aromatic N) is 3. The molecule has 5 rings (SSSR count). The minimum Gasteiger partial charge on any atom is -0.491 e. The van der Waals surface area contributed by atoms with Crippen LogP contribution in [0.4, 0.5) is 13.2 Å². The Hall–Kier alpha value is -3.26. The first-order valence-electron chi connectivity index (χ1n) is 11.1. The molecule has 1 N–H and O–H groups in total. The van der Waals surface area contributed by atoms with E-state index in [9.17, 15) is 18.0 Å². The summed E-state index contributed by atoms with van der Waals surface area (Å²) in [6.07, 6.45) is -2.04. The van der Waals surface area contributed by atoms with Gasteiger partial charge < -0.3 is 19.5 Å². The molecule has 34 heavy (non-hydrogen) atoms. The van der Waals surface area contributed by atoms with Gasteiger partial charge in [0.2, 0.25) is 5.88 Å². The van der Waals surface area contributed by atoms with Crippen LogP contribution in [0.2, 0.25) is 0 Å². The first-order valence-corrected chi connectivity index (χ1v) is 11.1. The fourth-order valence-corrected chi connectivity index (χ4v) is 4.13. The third-order valence-electron chi connectivity index (χ3n) is 6.33. The number of hydrogen-bond donors (Lipinski definition) is 1.